The minimum atomic E-state index is 0.293. The van der Waals surface area contributed by atoms with Gasteiger partial charge in [0.1, 0.15) is 0 Å². The van der Waals surface area contributed by atoms with Crippen LogP contribution >= 0.6 is 0 Å². The van der Waals surface area contributed by atoms with E-state index in [4.69, 9.17) is 11.6 Å². The van der Waals surface area contributed by atoms with Gasteiger partial charge in [-0.2, -0.15) is 10.2 Å². The van der Waals surface area contributed by atoms with Gasteiger partial charge < -0.3 is 11.6 Å². The van der Waals surface area contributed by atoms with Crippen LogP contribution in [0, 0.1) is 0 Å². The van der Waals surface area contributed by atoms with E-state index in [1.165, 1.54) is 0 Å². The molecule has 0 atom stereocenters. The number of hydrogen-bond donors (Lipinski definition) is 2. The molecule has 0 aliphatic rings. The molecular weight excluding hydrogens is 166 g/mol. The van der Waals surface area contributed by atoms with Gasteiger partial charge in [0, 0.05) is 6.20 Å². The van der Waals surface area contributed by atoms with E-state index in [1.807, 2.05) is 24.4 Å². The zero-order valence-corrected chi connectivity index (χ0v) is 6.88. The second-order valence-corrected chi connectivity index (χ2v) is 2.60. The standard InChI is InChI=1S/C8H9N5/c9-8(12-10)6-5-11-13-4-2-1-3-7(6)13/h1-5H,10H2,(H2,9,12). The SMILES string of the molecule is N/N=C(/N)c1cnn2ccccc12. The molecule has 0 bridgehead atoms. The van der Waals surface area contributed by atoms with Gasteiger partial charge in [-0.1, -0.05) is 6.07 Å². The van der Waals surface area contributed by atoms with Gasteiger partial charge in [-0.25, -0.2) is 4.52 Å². The molecule has 0 aromatic carbocycles. The van der Waals surface area contributed by atoms with Crippen molar-refractivity contribution >= 4 is 11.4 Å². The Morgan fingerprint density at radius 3 is 3.08 bits per heavy atom. The largest absolute Gasteiger partial charge is 0.382 e. The summed E-state index contributed by atoms with van der Waals surface area (Å²) in [6.07, 6.45) is 3.48. The highest BCUT2D eigenvalue weighted by Crippen LogP contribution is 2.08. The van der Waals surface area contributed by atoms with Crippen LogP contribution in [-0.4, -0.2) is 15.4 Å². The number of rotatable bonds is 1. The lowest BCUT2D eigenvalue weighted by Gasteiger charge is -1.95. The van der Waals surface area contributed by atoms with Gasteiger partial charge in [0.05, 0.1) is 17.3 Å². The van der Waals surface area contributed by atoms with Gasteiger partial charge in [0.25, 0.3) is 0 Å². The molecule has 2 aromatic rings. The molecule has 0 radical (unpaired) electrons. The van der Waals surface area contributed by atoms with Crippen molar-refractivity contribution in [2.45, 2.75) is 0 Å². The third-order valence-corrected chi connectivity index (χ3v) is 1.84. The Hall–Kier alpha value is -2.04. The second kappa shape index (κ2) is 2.78. The first-order valence-electron chi connectivity index (χ1n) is 3.79. The number of amidine groups is 1. The number of fused-ring (bicyclic) bond motifs is 1. The second-order valence-electron chi connectivity index (χ2n) is 2.60. The third kappa shape index (κ3) is 1.10. The first-order chi connectivity index (χ1) is 6.33. The van der Waals surface area contributed by atoms with Crippen molar-refractivity contribution in [1.29, 1.82) is 0 Å². The number of nitrogens with zero attached hydrogens (tertiary/aromatic N) is 3. The highest BCUT2D eigenvalue weighted by molar-refractivity contribution is 6.03. The summed E-state index contributed by atoms with van der Waals surface area (Å²) in [5.74, 6) is 5.37. The minimum Gasteiger partial charge on any atom is -0.382 e. The van der Waals surface area contributed by atoms with Crippen LogP contribution in [0.15, 0.2) is 35.7 Å². The van der Waals surface area contributed by atoms with E-state index in [0.717, 1.165) is 11.1 Å². The van der Waals surface area contributed by atoms with Crippen molar-refractivity contribution in [3.05, 3.63) is 36.2 Å². The maximum Gasteiger partial charge on any atom is 0.154 e. The fraction of sp³-hybridized carbons (Fsp3) is 0. The molecule has 66 valence electrons. The van der Waals surface area contributed by atoms with Crippen molar-refractivity contribution in [3.8, 4) is 0 Å². The number of nitrogens with two attached hydrogens (primary N) is 2. The topological polar surface area (TPSA) is 81.7 Å². The van der Waals surface area contributed by atoms with Gasteiger partial charge in [0.15, 0.2) is 5.84 Å². The smallest absolute Gasteiger partial charge is 0.154 e. The molecule has 0 amide bonds. The lowest BCUT2D eigenvalue weighted by molar-refractivity contribution is 0.961. The predicted octanol–water partition coefficient (Wildman–Crippen LogP) is -0.0867. The number of pyridine rings is 1. The molecule has 4 N–H and O–H groups in total. The first kappa shape index (κ1) is 7.60. The van der Waals surface area contributed by atoms with E-state index >= 15 is 0 Å². The van der Waals surface area contributed by atoms with E-state index in [1.54, 1.807) is 10.7 Å². The van der Waals surface area contributed by atoms with Gasteiger partial charge >= 0.3 is 0 Å². The van der Waals surface area contributed by atoms with Crippen LogP contribution < -0.4 is 11.6 Å². The summed E-state index contributed by atoms with van der Waals surface area (Å²) in [5.41, 5.74) is 7.23. The van der Waals surface area contributed by atoms with Crippen LogP contribution in [0.1, 0.15) is 5.56 Å². The van der Waals surface area contributed by atoms with E-state index < -0.39 is 0 Å². The van der Waals surface area contributed by atoms with Gasteiger partial charge in [-0.3, -0.25) is 0 Å². The zero-order chi connectivity index (χ0) is 9.26. The number of hydrogen-bond acceptors (Lipinski definition) is 3. The molecule has 0 saturated heterocycles. The minimum absolute atomic E-state index is 0.293. The third-order valence-electron chi connectivity index (χ3n) is 1.84. The summed E-state index contributed by atoms with van der Waals surface area (Å²) in [6.45, 7) is 0. The van der Waals surface area contributed by atoms with Crippen molar-refractivity contribution in [2.75, 3.05) is 0 Å². The molecular formula is C8H9N5. The van der Waals surface area contributed by atoms with Gasteiger partial charge in [0.2, 0.25) is 0 Å². The normalized spacial score (nSPS) is 12.2. The van der Waals surface area contributed by atoms with Crippen LogP contribution in [0.3, 0.4) is 0 Å². The Morgan fingerprint density at radius 1 is 1.46 bits per heavy atom. The highest BCUT2D eigenvalue weighted by Gasteiger charge is 2.05. The van der Waals surface area contributed by atoms with E-state index in [2.05, 4.69) is 10.2 Å². The van der Waals surface area contributed by atoms with Crippen LogP contribution in [-0.2, 0) is 0 Å². The van der Waals surface area contributed by atoms with Gasteiger partial charge in [-0.05, 0) is 12.1 Å². The number of hydrazone groups is 1. The summed E-state index contributed by atoms with van der Waals surface area (Å²) in [4.78, 5) is 0. The van der Waals surface area contributed by atoms with Crippen LogP contribution in [0.5, 0.6) is 0 Å². The number of aromatic nitrogens is 2. The highest BCUT2D eigenvalue weighted by atomic mass is 15.2. The van der Waals surface area contributed by atoms with Crippen LogP contribution in [0.4, 0.5) is 0 Å². The monoisotopic (exact) mass is 175 g/mol. The molecule has 5 nitrogen and oxygen atoms in total. The average Bonchev–Trinajstić information content (AvgIpc) is 2.60. The maximum atomic E-state index is 5.58. The fourth-order valence-corrected chi connectivity index (χ4v) is 1.20. The lowest BCUT2D eigenvalue weighted by Crippen LogP contribution is -2.14. The maximum absolute atomic E-state index is 5.58. The lowest BCUT2D eigenvalue weighted by atomic mass is 10.2. The quantitative estimate of drug-likeness (QED) is 0.275. The fourth-order valence-electron chi connectivity index (χ4n) is 1.20. The van der Waals surface area contributed by atoms with E-state index in [-0.39, 0.29) is 0 Å². The predicted molar refractivity (Wildman–Crippen MR) is 50.1 cm³/mol. The summed E-state index contributed by atoms with van der Waals surface area (Å²) in [7, 11) is 0. The Bertz CT molecular complexity index is 456. The Balaban J connectivity index is 2.71. The molecule has 2 rings (SSSR count). The Labute approximate surface area is 74.6 Å². The van der Waals surface area contributed by atoms with Crippen LogP contribution in [0.25, 0.3) is 5.52 Å². The van der Waals surface area contributed by atoms with E-state index in [9.17, 15) is 0 Å². The molecule has 0 saturated carbocycles. The van der Waals surface area contributed by atoms with Crippen molar-refractivity contribution in [3.63, 3.8) is 0 Å². The van der Waals surface area contributed by atoms with Crippen LogP contribution in [0.2, 0.25) is 0 Å². The van der Waals surface area contributed by atoms with Crippen molar-refractivity contribution in [2.24, 2.45) is 16.7 Å². The molecule has 0 fully saturated rings. The summed E-state index contributed by atoms with van der Waals surface area (Å²) in [5, 5.41) is 7.51. The molecule has 0 spiro atoms. The molecule has 5 heteroatoms. The first-order valence-corrected chi connectivity index (χ1v) is 3.79. The van der Waals surface area contributed by atoms with Crippen molar-refractivity contribution in [1.82, 2.24) is 9.61 Å². The summed E-state index contributed by atoms with van der Waals surface area (Å²) < 4.78 is 1.72. The molecule has 0 aliphatic carbocycles. The molecule has 2 aromatic heterocycles. The molecule has 0 aliphatic heterocycles. The molecule has 13 heavy (non-hydrogen) atoms. The summed E-state index contributed by atoms with van der Waals surface area (Å²) in [6, 6.07) is 5.70. The van der Waals surface area contributed by atoms with E-state index in [0.29, 0.717) is 5.84 Å². The molecule has 0 unspecified atom stereocenters. The summed E-state index contributed by atoms with van der Waals surface area (Å²) >= 11 is 0. The average molecular weight is 175 g/mol. The van der Waals surface area contributed by atoms with Crippen molar-refractivity contribution < 1.29 is 0 Å². The Morgan fingerprint density at radius 2 is 2.31 bits per heavy atom. The molecule has 2 heterocycles. The zero-order valence-electron chi connectivity index (χ0n) is 6.88. The van der Waals surface area contributed by atoms with Gasteiger partial charge in [-0.15, -0.1) is 0 Å². The Kier molecular flexibility index (Phi) is 1.63.